The molecule has 4 rings (SSSR count). The van der Waals surface area contributed by atoms with Gasteiger partial charge in [0, 0.05) is 5.56 Å². The minimum Gasteiger partial charge on any atom is -0.338 e. The third kappa shape index (κ3) is 1.54. The van der Waals surface area contributed by atoms with Crippen LogP contribution in [0.4, 0.5) is 0 Å². The Hall–Kier alpha value is -0.900. The maximum Gasteiger partial charge on any atom is 0.168 e. The van der Waals surface area contributed by atoms with E-state index in [2.05, 4.69) is 30.3 Å². The van der Waals surface area contributed by atoms with Crippen molar-refractivity contribution in [3.05, 3.63) is 35.9 Å². The highest BCUT2D eigenvalue weighted by Crippen LogP contribution is 2.50. The van der Waals surface area contributed by atoms with Crippen LogP contribution in [-0.2, 0) is 16.0 Å². The van der Waals surface area contributed by atoms with Gasteiger partial charge in [-0.3, -0.25) is 0 Å². The first-order valence-corrected chi connectivity index (χ1v) is 6.83. The second kappa shape index (κ2) is 3.35. The smallest absolute Gasteiger partial charge is 0.168 e. The number of piperidine rings is 1. The van der Waals surface area contributed by atoms with Crippen molar-refractivity contribution in [1.82, 2.24) is 0 Å². The Balaban J connectivity index is 1.51. The minimum absolute atomic E-state index is 0.308. The highest BCUT2D eigenvalue weighted by Gasteiger charge is 2.72. The van der Waals surface area contributed by atoms with E-state index in [-0.39, 0.29) is 5.79 Å². The fraction of sp³-hybridized carbons (Fsp3) is 0.600. The van der Waals surface area contributed by atoms with Crippen LogP contribution in [0.1, 0.15) is 19.4 Å². The average molecular weight is 246 g/mol. The Morgan fingerprint density at radius 2 is 1.94 bits per heavy atom. The van der Waals surface area contributed by atoms with Crippen molar-refractivity contribution in [1.29, 1.82) is 0 Å². The van der Waals surface area contributed by atoms with Crippen LogP contribution < -0.4 is 0 Å². The van der Waals surface area contributed by atoms with Gasteiger partial charge >= 0.3 is 0 Å². The number of nitrogens with zero attached hydrogens (tertiary/aromatic N) is 1. The van der Waals surface area contributed by atoms with Gasteiger partial charge in [0.15, 0.2) is 11.8 Å². The van der Waals surface area contributed by atoms with E-state index < -0.39 is 0 Å². The first-order chi connectivity index (χ1) is 8.58. The molecule has 0 aromatic heterocycles. The lowest BCUT2D eigenvalue weighted by molar-refractivity contribution is -0.821. The summed E-state index contributed by atoms with van der Waals surface area (Å²) in [5.74, 6) is -0.374. The Bertz CT molecular complexity index is 473. The summed E-state index contributed by atoms with van der Waals surface area (Å²) >= 11 is 0. The van der Waals surface area contributed by atoms with Gasteiger partial charge in [0.05, 0.1) is 0 Å². The van der Waals surface area contributed by atoms with E-state index in [4.69, 9.17) is 9.47 Å². The quantitative estimate of drug-likeness (QED) is 0.586. The molecule has 96 valence electrons. The molecule has 0 N–H and O–H groups in total. The zero-order valence-electron chi connectivity index (χ0n) is 11.0. The Labute approximate surface area is 108 Å². The van der Waals surface area contributed by atoms with Crippen molar-refractivity contribution in [2.24, 2.45) is 0 Å². The van der Waals surface area contributed by atoms with E-state index in [1.807, 2.05) is 13.8 Å². The number of ether oxygens (including phenoxy) is 2. The highest BCUT2D eigenvalue weighted by molar-refractivity contribution is 5.15. The van der Waals surface area contributed by atoms with Gasteiger partial charge in [-0.05, 0) is 13.8 Å². The monoisotopic (exact) mass is 246 g/mol. The van der Waals surface area contributed by atoms with Gasteiger partial charge in [0.25, 0.3) is 0 Å². The zero-order valence-corrected chi connectivity index (χ0v) is 11.0. The molecule has 3 fully saturated rings. The largest absolute Gasteiger partial charge is 0.338 e. The maximum atomic E-state index is 6.05. The second-order valence-electron chi connectivity index (χ2n) is 6.43. The molecule has 0 spiro atoms. The molecule has 1 unspecified atom stereocenters. The van der Waals surface area contributed by atoms with Crippen LogP contribution in [0.15, 0.2) is 30.3 Å². The van der Waals surface area contributed by atoms with Crippen molar-refractivity contribution in [2.45, 2.75) is 44.4 Å². The SMILES string of the molecule is CC1(C)O[C@H]2[C@H](C[N+]3(Cc4ccccc4)C[C@@H]23)O1. The van der Waals surface area contributed by atoms with Gasteiger partial charge < -0.3 is 14.0 Å². The van der Waals surface area contributed by atoms with Gasteiger partial charge in [0.1, 0.15) is 31.8 Å². The summed E-state index contributed by atoms with van der Waals surface area (Å²) in [7, 11) is 0. The fourth-order valence-electron chi connectivity index (χ4n) is 3.83. The van der Waals surface area contributed by atoms with E-state index in [0.717, 1.165) is 13.1 Å². The van der Waals surface area contributed by atoms with Crippen molar-refractivity contribution < 1.29 is 14.0 Å². The lowest BCUT2D eigenvalue weighted by Gasteiger charge is -2.22. The summed E-state index contributed by atoms with van der Waals surface area (Å²) in [6, 6.07) is 11.4. The van der Waals surface area contributed by atoms with Crippen molar-refractivity contribution in [3.63, 3.8) is 0 Å². The fourth-order valence-corrected chi connectivity index (χ4v) is 3.83. The van der Waals surface area contributed by atoms with Crippen LogP contribution in [0.5, 0.6) is 0 Å². The van der Waals surface area contributed by atoms with Crippen LogP contribution in [0.2, 0.25) is 0 Å². The lowest BCUT2D eigenvalue weighted by atomic mass is 10.2. The molecule has 0 bridgehead atoms. The molecule has 3 aliphatic heterocycles. The molecule has 0 radical (unpaired) electrons. The highest BCUT2D eigenvalue weighted by atomic mass is 16.8. The molecule has 3 heterocycles. The summed E-state index contributed by atoms with van der Waals surface area (Å²) < 4.78 is 13.2. The molecule has 0 amide bonds. The summed E-state index contributed by atoms with van der Waals surface area (Å²) in [5.41, 5.74) is 1.43. The molecule has 1 aromatic rings. The number of hydrogen-bond donors (Lipinski definition) is 0. The van der Waals surface area contributed by atoms with Crippen molar-refractivity contribution in [3.8, 4) is 0 Å². The topological polar surface area (TPSA) is 18.5 Å². The summed E-state index contributed by atoms with van der Waals surface area (Å²) in [6.45, 7) is 7.56. The van der Waals surface area contributed by atoms with Gasteiger partial charge in [-0.2, -0.15) is 0 Å². The van der Waals surface area contributed by atoms with Crippen LogP contribution in [0.3, 0.4) is 0 Å². The van der Waals surface area contributed by atoms with Crippen LogP contribution in [0.25, 0.3) is 0 Å². The molecule has 3 nitrogen and oxygen atoms in total. The number of quaternary nitrogens is 1. The number of fused-ring (bicyclic) bond motifs is 3. The van der Waals surface area contributed by atoms with Crippen LogP contribution in [0, 0.1) is 0 Å². The van der Waals surface area contributed by atoms with E-state index in [1.54, 1.807) is 0 Å². The predicted octanol–water partition coefficient (Wildman–Crippen LogP) is 1.92. The first kappa shape index (κ1) is 11.0. The van der Waals surface area contributed by atoms with Gasteiger partial charge in [-0.25, -0.2) is 0 Å². The Morgan fingerprint density at radius 1 is 1.17 bits per heavy atom. The summed E-state index contributed by atoms with van der Waals surface area (Å²) in [5, 5.41) is 0. The van der Waals surface area contributed by atoms with E-state index in [9.17, 15) is 0 Å². The maximum absolute atomic E-state index is 6.05. The Kier molecular flexibility index (Phi) is 2.04. The zero-order chi connectivity index (χ0) is 12.4. The molecule has 4 atom stereocenters. The van der Waals surface area contributed by atoms with Crippen LogP contribution in [-0.4, -0.2) is 41.6 Å². The molecule has 0 aliphatic carbocycles. The second-order valence-corrected chi connectivity index (χ2v) is 6.43. The van der Waals surface area contributed by atoms with E-state index in [0.29, 0.717) is 18.2 Å². The third-order valence-electron chi connectivity index (χ3n) is 4.61. The molecule has 3 saturated heterocycles. The third-order valence-corrected chi connectivity index (χ3v) is 4.61. The molecule has 1 aromatic carbocycles. The van der Waals surface area contributed by atoms with Crippen LogP contribution >= 0.6 is 0 Å². The Morgan fingerprint density at radius 3 is 2.67 bits per heavy atom. The van der Waals surface area contributed by atoms with Crippen molar-refractivity contribution >= 4 is 0 Å². The molecular formula is C15H20NO2+. The van der Waals surface area contributed by atoms with E-state index >= 15 is 0 Å². The molecule has 3 heteroatoms. The standard InChI is InChI=1S/C15H20NO2/c1-15(2)17-13-10-16(9-12(16)14(13)18-15)8-11-6-4-3-5-7-11/h3-7,12-14H,8-10H2,1-2H3/q+1/t12-,13-,14+,16?/m0/s1. The number of rotatable bonds is 2. The van der Waals surface area contributed by atoms with Crippen molar-refractivity contribution in [2.75, 3.05) is 13.1 Å². The molecular weight excluding hydrogens is 226 g/mol. The average Bonchev–Trinajstić information content (AvgIpc) is 2.80. The van der Waals surface area contributed by atoms with Gasteiger partial charge in [-0.1, -0.05) is 30.3 Å². The predicted molar refractivity (Wildman–Crippen MR) is 67.8 cm³/mol. The molecule has 0 saturated carbocycles. The first-order valence-electron chi connectivity index (χ1n) is 6.83. The number of hydrogen-bond acceptors (Lipinski definition) is 2. The van der Waals surface area contributed by atoms with Gasteiger partial charge in [0.2, 0.25) is 0 Å². The summed E-state index contributed by atoms with van der Waals surface area (Å²) in [6.07, 6.45) is 0.631. The van der Waals surface area contributed by atoms with Gasteiger partial charge in [-0.15, -0.1) is 0 Å². The lowest BCUT2D eigenvalue weighted by Crippen LogP contribution is -2.33. The summed E-state index contributed by atoms with van der Waals surface area (Å²) in [4.78, 5) is 0. The molecule has 3 aliphatic rings. The number of benzene rings is 1. The molecule has 18 heavy (non-hydrogen) atoms. The van der Waals surface area contributed by atoms with E-state index in [1.165, 1.54) is 16.6 Å². The normalized spacial score (nSPS) is 43.6. The minimum atomic E-state index is -0.374.